The summed E-state index contributed by atoms with van der Waals surface area (Å²) in [6, 6.07) is 18.0. The Labute approximate surface area is 167 Å². The van der Waals surface area contributed by atoms with E-state index in [9.17, 15) is 9.59 Å². The number of nitrogens with zero attached hydrogens (tertiary/aromatic N) is 1. The van der Waals surface area contributed by atoms with Crippen LogP contribution in [0.2, 0.25) is 0 Å². The molecule has 0 atom stereocenters. The second kappa shape index (κ2) is 10.0. The van der Waals surface area contributed by atoms with Crippen LogP contribution >= 0.6 is 0 Å². The lowest BCUT2D eigenvalue weighted by Crippen LogP contribution is -2.44. The van der Waals surface area contributed by atoms with Gasteiger partial charge >= 0.3 is 0 Å². The number of benzene rings is 2. The molecular formula is C23H29N3O2. The molecule has 0 aromatic heterocycles. The summed E-state index contributed by atoms with van der Waals surface area (Å²) >= 11 is 0. The molecule has 0 bridgehead atoms. The van der Waals surface area contributed by atoms with Gasteiger partial charge in [-0.05, 0) is 49.5 Å². The fraction of sp³-hybridized carbons (Fsp3) is 0.391. The van der Waals surface area contributed by atoms with Crippen molar-refractivity contribution in [3.05, 3.63) is 71.3 Å². The molecule has 5 heteroatoms. The van der Waals surface area contributed by atoms with E-state index in [1.807, 2.05) is 48.5 Å². The molecule has 0 unspecified atom stereocenters. The molecule has 2 aromatic carbocycles. The molecule has 148 valence electrons. The van der Waals surface area contributed by atoms with E-state index >= 15 is 0 Å². The molecule has 0 aliphatic carbocycles. The largest absolute Gasteiger partial charge is 0.352 e. The number of carbonyl (C=O) groups excluding carboxylic acids is 2. The van der Waals surface area contributed by atoms with E-state index in [2.05, 4.69) is 28.5 Å². The van der Waals surface area contributed by atoms with Crippen LogP contribution in [0.1, 0.15) is 29.5 Å². The molecule has 1 aliphatic rings. The minimum atomic E-state index is 0.0370. The first-order chi connectivity index (χ1) is 13.6. The number of rotatable bonds is 7. The number of hydrogen-bond donors (Lipinski definition) is 2. The molecule has 3 rings (SSSR count). The smallest absolute Gasteiger partial charge is 0.234 e. The summed E-state index contributed by atoms with van der Waals surface area (Å²) in [6.45, 7) is 5.13. The minimum Gasteiger partial charge on any atom is -0.352 e. The summed E-state index contributed by atoms with van der Waals surface area (Å²) < 4.78 is 0. The maximum atomic E-state index is 12.4. The van der Waals surface area contributed by atoms with Crippen LogP contribution in [-0.2, 0) is 22.7 Å². The lowest BCUT2D eigenvalue weighted by atomic mass is 9.96. The van der Waals surface area contributed by atoms with Crippen LogP contribution < -0.4 is 10.6 Å². The maximum Gasteiger partial charge on any atom is 0.234 e. The van der Waals surface area contributed by atoms with Gasteiger partial charge in [-0.1, -0.05) is 54.6 Å². The number of likely N-dealkylation sites (tertiary alicyclic amines) is 1. The van der Waals surface area contributed by atoms with E-state index in [4.69, 9.17) is 0 Å². The van der Waals surface area contributed by atoms with Gasteiger partial charge in [0.2, 0.25) is 11.8 Å². The van der Waals surface area contributed by atoms with Crippen molar-refractivity contribution in [1.82, 2.24) is 15.5 Å². The molecule has 0 spiro atoms. The zero-order chi connectivity index (χ0) is 19.8. The van der Waals surface area contributed by atoms with E-state index in [-0.39, 0.29) is 17.7 Å². The Bertz CT molecular complexity index is 783. The lowest BCUT2D eigenvalue weighted by Gasteiger charge is -2.30. The van der Waals surface area contributed by atoms with Crippen molar-refractivity contribution in [1.29, 1.82) is 0 Å². The van der Waals surface area contributed by atoms with Gasteiger partial charge in [0.05, 0.1) is 6.54 Å². The molecule has 1 heterocycles. The second-order valence-electron chi connectivity index (χ2n) is 7.46. The Balaban J connectivity index is 1.36. The van der Waals surface area contributed by atoms with Gasteiger partial charge in [0.15, 0.2) is 0 Å². The van der Waals surface area contributed by atoms with Gasteiger partial charge in [-0.3, -0.25) is 14.5 Å². The first-order valence-corrected chi connectivity index (χ1v) is 9.97. The number of nitrogens with one attached hydrogen (secondary N) is 2. The van der Waals surface area contributed by atoms with E-state index in [0.717, 1.165) is 37.1 Å². The average Bonchev–Trinajstić information content (AvgIpc) is 2.73. The van der Waals surface area contributed by atoms with Crippen molar-refractivity contribution in [2.24, 2.45) is 5.92 Å². The van der Waals surface area contributed by atoms with Crippen molar-refractivity contribution >= 4 is 11.8 Å². The molecular weight excluding hydrogens is 350 g/mol. The predicted octanol–water partition coefficient (Wildman–Crippen LogP) is 2.64. The summed E-state index contributed by atoms with van der Waals surface area (Å²) in [5.74, 6) is 0.192. The molecule has 1 fully saturated rings. The molecule has 0 radical (unpaired) electrons. The van der Waals surface area contributed by atoms with E-state index in [1.54, 1.807) is 0 Å². The van der Waals surface area contributed by atoms with Gasteiger partial charge in [-0.15, -0.1) is 0 Å². The number of piperidine rings is 1. The zero-order valence-electron chi connectivity index (χ0n) is 16.5. The van der Waals surface area contributed by atoms with E-state index in [1.165, 1.54) is 5.56 Å². The molecule has 0 saturated carbocycles. The van der Waals surface area contributed by atoms with Gasteiger partial charge in [0.25, 0.3) is 0 Å². The van der Waals surface area contributed by atoms with Crippen molar-refractivity contribution in [2.45, 2.75) is 32.9 Å². The Morgan fingerprint density at radius 2 is 1.61 bits per heavy atom. The van der Waals surface area contributed by atoms with Crippen LogP contribution in [0, 0.1) is 12.8 Å². The average molecular weight is 380 g/mol. The van der Waals surface area contributed by atoms with Crippen molar-refractivity contribution in [3.63, 3.8) is 0 Å². The summed E-state index contributed by atoms with van der Waals surface area (Å²) in [6.07, 6.45) is 1.59. The van der Waals surface area contributed by atoms with Crippen LogP contribution in [0.4, 0.5) is 0 Å². The predicted molar refractivity (Wildman–Crippen MR) is 110 cm³/mol. The molecule has 1 aliphatic heterocycles. The highest BCUT2D eigenvalue weighted by molar-refractivity contribution is 5.79. The lowest BCUT2D eigenvalue weighted by molar-refractivity contribution is -0.127. The van der Waals surface area contributed by atoms with Crippen LogP contribution in [0.25, 0.3) is 0 Å². The molecule has 2 N–H and O–H groups in total. The highest BCUT2D eigenvalue weighted by Crippen LogP contribution is 2.17. The summed E-state index contributed by atoms with van der Waals surface area (Å²) in [4.78, 5) is 26.8. The van der Waals surface area contributed by atoms with Crippen LogP contribution in [0.5, 0.6) is 0 Å². The Morgan fingerprint density at radius 3 is 2.32 bits per heavy atom. The Morgan fingerprint density at radius 1 is 0.929 bits per heavy atom. The maximum absolute atomic E-state index is 12.4. The van der Waals surface area contributed by atoms with Gasteiger partial charge < -0.3 is 10.6 Å². The number of carbonyl (C=O) groups is 2. The van der Waals surface area contributed by atoms with Gasteiger partial charge in [0.1, 0.15) is 0 Å². The van der Waals surface area contributed by atoms with Gasteiger partial charge in [-0.25, -0.2) is 0 Å². The summed E-state index contributed by atoms with van der Waals surface area (Å²) in [7, 11) is 0. The van der Waals surface area contributed by atoms with Crippen molar-refractivity contribution in [2.75, 3.05) is 19.6 Å². The fourth-order valence-electron chi connectivity index (χ4n) is 3.54. The van der Waals surface area contributed by atoms with Crippen molar-refractivity contribution in [3.8, 4) is 0 Å². The monoisotopic (exact) mass is 379 g/mol. The molecule has 1 saturated heterocycles. The summed E-state index contributed by atoms with van der Waals surface area (Å²) in [5.41, 5.74) is 3.44. The van der Waals surface area contributed by atoms with Gasteiger partial charge in [0, 0.05) is 19.0 Å². The topological polar surface area (TPSA) is 61.4 Å². The fourth-order valence-corrected chi connectivity index (χ4v) is 3.54. The first kappa shape index (κ1) is 20.1. The van der Waals surface area contributed by atoms with E-state index < -0.39 is 0 Å². The van der Waals surface area contributed by atoms with Crippen molar-refractivity contribution < 1.29 is 9.59 Å². The highest BCUT2D eigenvalue weighted by Gasteiger charge is 2.25. The molecule has 28 heavy (non-hydrogen) atoms. The third-order valence-corrected chi connectivity index (χ3v) is 5.37. The quantitative estimate of drug-likeness (QED) is 0.777. The minimum absolute atomic E-state index is 0.0370. The van der Waals surface area contributed by atoms with Gasteiger partial charge in [-0.2, -0.15) is 0 Å². The standard InChI is InChI=1S/C23H29N3O2/c1-18-7-5-6-10-21(18)16-24-22(27)17-26-13-11-20(12-14-26)23(28)25-15-19-8-3-2-4-9-19/h2-10,20H,11-17H2,1H3,(H,24,27)(H,25,28). The normalized spacial score (nSPS) is 15.2. The number of aryl methyl sites for hydroxylation is 1. The second-order valence-corrected chi connectivity index (χ2v) is 7.46. The number of hydrogen-bond acceptors (Lipinski definition) is 3. The Hall–Kier alpha value is -2.66. The van der Waals surface area contributed by atoms with E-state index in [0.29, 0.717) is 19.6 Å². The first-order valence-electron chi connectivity index (χ1n) is 9.97. The van der Waals surface area contributed by atoms with Crippen LogP contribution in [0.3, 0.4) is 0 Å². The third kappa shape index (κ3) is 5.92. The molecule has 5 nitrogen and oxygen atoms in total. The third-order valence-electron chi connectivity index (χ3n) is 5.37. The molecule has 2 amide bonds. The summed E-state index contributed by atoms with van der Waals surface area (Å²) in [5, 5.41) is 6.03. The molecule has 2 aromatic rings. The number of amides is 2. The zero-order valence-corrected chi connectivity index (χ0v) is 16.5. The van der Waals surface area contributed by atoms with Crippen LogP contribution in [0.15, 0.2) is 54.6 Å². The highest BCUT2D eigenvalue weighted by atomic mass is 16.2. The SMILES string of the molecule is Cc1ccccc1CNC(=O)CN1CCC(C(=O)NCc2ccccc2)CC1. The van der Waals surface area contributed by atoms with Crippen LogP contribution in [-0.4, -0.2) is 36.3 Å². The Kier molecular flexibility index (Phi) is 7.20.